The average Bonchev–Trinajstić information content (AvgIpc) is 3.71. The van der Waals surface area contributed by atoms with E-state index in [2.05, 4.69) is 150 Å². The van der Waals surface area contributed by atoms with E-state index in [0.717, 1.165) is 62.7 Å². The Bertz CT molecular complexity index is 2690. The van der Waals surface area contributed by atoms with Crippen molar-refractivity contribution >= 4 is 49.8 Å². The Labute approximate surface area is 304 Å². The summed E-state index contributed by atoms with van der Waals surface area (Å²) in [7, 11) is 0. The molecule has 4 bridgehead atoms. The van der Waals surface area contributed by atoms with E-state index in [9.17, 15) is 0 Å². The smallest absolute Gasteiger partial charge is 0.135 e. The van der Waals surface area contributed by atoms with Gasteiger partial charge in [0.2, 0.25) is 0 Å². The first-order chi connectivity index (χ1) is 25.7. The average molecular weight is 670 g/mol. The number of benzene rings is 7. The van der Waals surface area contributed by atoms with Gasteiger partial charge in [-0.25, -0.2) is 0 Å². The number of fused-ring (bicyclic) bond motifs is 7. The lowest BCUT2D eigenvalue weighted by atomic mass is 9.43. The van der Waals surface area contributed by atoms with E-state index in [1.807, 2.05) is 6.07 Å². The quantitative estimate of drug-likeness (QED) is 0.185. The largest absolute Gasteiger partial charge is 0.456 e. The van der Waals surface area contributed by atoms with Crippen LogP contribution >= 0.6 is 0 Å². The van der Waals surface area contributed by atoms with Crippen LogP contribution in [0.4, 0.5) is 17.1 Å². The van der Waals surface area contributed by atoms with Gasteiger partial charge in [-0.1, -0.05) is 103 Å². The second-order valence-electron chi connectivity index (χ2n) is 16.1. The summed E-state index contributed by atoms with van der Waals surface area (Å²) in [5.74, 6) is 3.42. The fraction of sp³-hybridized carbons (Fsp3) is 0.200. The molecular weight excluding hydrogens is 631 g/mol. The Morgan fingerprint density at radius 2 is 1.10 bits per heavy atom. The highest BCUT2D eigenvalue weighted by Crippen LogP contribution is 2.70. The molecule has 4 saturated carbocycles. The molecule has 4 fully saturated rings. The van der Waals surface area contributed by atoms with E-state index >= 15 is 0 Å². The molecule has 0 unspecified atom stereocenters. The standard InChI is InChI=1S/C50H39NO/c1-2-9-35-29-39(21-16-33(35)8-1)51(40-22-23-48-44(30-40)42-10-4-6-15-47(42)52-48)38-19-17-34(18-20-38)41-12-7-14-46-49(41)43-11-3-5-13-45(43)50(46)36-25-31-24-32(27-36)28-37(50)26-31/h1-23,29-32,36-37H,24-28H2. The predicted molar refractivity (Wildman–Crippen MR) is 215 cm³/mol. The molecule has 1 aromatic heterocycles. The number of hydrogen-bond acceptors (Lipinski definition) is 2. The molecule has 13 rings (SSSR count). The van der Waals surface area contributed by atoms with E-state index in [1.165, 1.54) is 65.1 Å². The highest BCUT2D eigenvalue weighted by Gasteiger charge is 2.61. The summed E-state index contributed by atoms with van der Waals surface area (Å²) in [5.41, 5.74) is 14.2. The van der Waals surface area contributed by atoms with Gasteiger partial charge in [0.25, 0.3) is 0 Å². The summed E-state index contributed by atoms with van der Waals surface area (Å²) in [6, 6.07) is 56.4. The van der Waals surface area contributed by atoms with Crippen LogP contribution in [0.3, 0.4) is 0 Å². The Morgan fingerprint density at radius 1 is 0.462 bits per heavy atom. The number of hydrogen-bond donors (Lipinski definition) is 0. The number of furan rings is 1. The molecule has 1 spiro atoms. The van der Waals surface area contributed by atoms with Crippen LogP contribution in [-0.4, -0.2) is 0 Å². The zero-order valence-electron chi connectivity index (χ0n) is 29.1. The number of nitrogens with zero attached hydrogens (tertiary/aromatic N) is 1. The molecule has 0 radical (unpaired) electrons. The summed E-state index contributed by atoms with van der Waals surface area (Å²) < 4.78 is 6.24. The van der Waals surface area contributed by atoms with Gasteiger partial charge in [-0.15, -0.1) is 0 Å². The van der Waals surface area contributed by atoms with E-state index in [4.69, 9.17) is 4.42 Å². The third kappa shape index (κ3) is 3.96. The van der Waals surface area contributed by atoms with Crippen LogP contribution in [0.15, 0.2) is 156 Å². The minimum absolute atomic E-state index is 0.179. The fourth-order valence-electron chi connectivity index (χ4n) is 11.8. The fourth-order valence-corrected chi connectivity index (χ4v) is 11.8. The van der Waals surface area contributed by atoms with Gasteiger partial charge in [0.1, 0.15) is 11.2 Å². The van der Waals surface area contributed by atoms with Crippen molar-refractivity contribution in [3.8, 4) is 22.3 Å². The SMILES string of the molecule is c1ccc2c(c1)-c1c(-c3ccc(N(c4ccc5ccccc5c4)c4ccc5oc6ccccc6c5c4)cc3)cccc1C21C2CC3CC(C2)CC1C3. The Morgan fingerprint density at radius 3 is 1.94 bits per heavy atom. The molecule has 0 N–H and O–H groups in total. The zero-order chi connectivity index (χ0) is 34.0. The van der Waals surface area contributed by atoms with Crippen LogP contribution in [0, 0.1) is 23.7 Å². The first kappa shape index (κ1) is 29.0. The van der Waals surface area contributed by atoms with Crippen LogP contribution in [0.5, 0.6) is 0 Å². The lowest BCUT2D eigenvalue weighted by molar-refractivity contribution is -0.0399. The molecule has 7 aromatic carbocycles. The van der Waals surface area contributed by atoms with Crippen molar-refractivity contribution in [1.82, 2.24) is 0 Å². The molecule has 0 aliphatic heterocycles. The maximum absolute atomic E-state index is 6.24. The monoisotopic (exact) mass is 669 g/mol. The third-order valence-corrected chi connectivity index (χ3v) is 13.6. The topological polar surface area (TPSA) is 16.4 Å². The second kappa shape index (κ2) is 10.7. The molecule has 8 aromatic rings. The van der Waals surface area contributed by atoms with Crippen LogP contribution in [-0.2, 0) is 5.41 Å². The third-order valence-electron chi connectivity index (χ3n) is 13.6. The normalized spacial score (nSPS) is 23.8. The maximum Gasteiger partial charge on any atom is 0.135 e. The van der Waals surface area contributed by atoms with Crippen molar-refractivity contribution < 1.29 is 4.42 Å². The van der Waals surface area contributed by atoms with E-state index in [1.54, 1.807) is 11.1 Å². The van der Waals surface area contributed by atoms with Gasteiger partial charge in [-0.2, -0.15) is 0 Å². The Kier molecular flexibility index (Phi) is 5.98. The molecule has 250 valence electrons. The molecular formula is C50H39NO. The van der Waals surface area contributed by atoms with Gasteiger partial charge < -0.3 is 9.32 Å². The molecule has 1 heterocycles. The molecule has 2 nitrogen and oxygen atoms in total. The summed E-state index contributed by atoms with van der Waals surface area (Å²) >= 11 is 0. The van der Waals surface area contributed by atoms with E-state index < -0.39 is 0 Å². The first-order valence-corrected chi connectivity index (χ1v) is 19.3. The van der Waals surface area contributed by atoms with Crippen LogP contribution < -0.4 is 4.90 Å². The molecule has 5 aliphatic carbocycles. The van der Waals surface area contributed by atoms with E-state index in [0.29, 0.717) is 0 Å². The highest BCUT2D eigenvalue weighted by molar-refractivity contribution is 6.06. The van der Waals surface area contributed by atoms with Crippen molar-refractivity contribution in [3.05, 3.63) is 163 Å². The molecule has 5 aliphatic rings. The van der Waals surface area contributed by atoms with Crippen molar-refractivity contribution in [2.75, 3.05) is 4.90 Å². The summed E-state index contributed by atoms with van der Waals surface area (Å²) in [5, 5.41) is 4.75. The molecule has 0 atom stereocenters. The predicted octanol–water partition coefficient (Wildman–Crippen LogP) is 13.6. The number of para-hydroxylation sites is 1. The lowest BCUT2D eigenvalue weighted by Crippen LogP contribution is -2.55. The van der Waals surface area contributed by atoms with Crippen molar-refractivity contribution in [2.24, 2.45) is 23.7 Å². The maximum atomic E-state index is 6.24. The highest BCUT2D eigenvalue weighted by atomic mass is 16.3. The summed E-state index contributed by atoms with van der Waals surface area (Å²) in [6.45, 7) is 0. The molecule has 0 amide bonds. The molecule has 52 heavy (non-hydrogen) atoms. The zero-order valence-corrected chi connectivity index (χ0v) is 29.1. The van der Waals surface area contributed by atoms with Gasteiger partial charge >= 0.3 is 0 Å². The summed E-state index contributed by atoms with van der Waals surface area (Å²) in [4.78, 5) is 2.39. The van der Waals surface area contributed by atoms with Crippen molar-refractivity contribution in [2.45, 2.75) is 37.5 Å². The lowest BCUT2D eigenvalue weighted by Gasteiger charge is -2.61. The Balaban J connectivity index is 1.01. The number of rotatable bonds is 4. The Hall–Kier alpha value is -5.60. The van der Waals surface area contributed by atoms with Gasteiger partial charge in [-0.05, 0) is 148 Å². The van der Waals surface area contributed by atoms with E-state index in [-0.39, 0.29) is 5.41 Å². The van der Waals surface area contributed by atoms with Gasteiger partial charge in [0.05, 0.1) is 0 Å². The summed E-state index contributed by atoms with van der Waals surface area (Å²) in [6.07, 6.45) is 7.11. The van der Waals surface area contributed by atoms with Crippen LogP contribution in [0.2, 0.25) is 0 Å². The van der Waals surface area contributed by atoms with Crippen LogP contribution in [0.1, 0.15) is 43.2 Å². The van der Waals surface area contributed by atoms with Gasteiger partial charge in [-0.3, -0.25) is 0 Å². The molecule has 0 saturated heterocycles. The van der Waals surface area contributed by atoms with Crippen molar-refractivity contribution in [3.63, 3.8) is 0 Å². The van der Waals surface area contributed by atoms with Crippen molar-refractivity contribution in [1.29, 1.82) is 0 Å². The van der Waals surface area contributed by atoms with Crippen LogP contribution in [0.25, 0.3) is 55.0 Å². The van der Waals surface area contributed by atoms with Gasteiger partial charge in [0.15, 0.2) is 0 Å². The second-order valence-corrected chi connectivity index (χ2v) is 16.1. The number of anilines is 3. The van der Waals surface area contributed by atoms with Gasteiger partial charge in [0, 0.05) is 33.2 Å². The minimum atomic E-state index is 0.179. The minimum Gasteiger partial charge on any atom is -0.456 e. The molecule has 2 heteroatoms. The first-order valence-electron chi connectivity index (χ1n) is 19.3.